The number of ether oxygens (including phenoxy) is 1. The van der Waals surface area contributed by atoms with Gasteiger partial charge in [-0.25, -0.2) is 0 Å². The van der Waals surface area contributed by atoms with E-state index in [1.807, 2.05) is 19.1 Å². The summed E-state index contributed by atoms with van der Waals surface area (Å²) in [5, 5.41) is 21.1. The molecule has 0 saturated carbocycles. The number of aliphatic hydroxyl groups is 1. The second-order valence-corrected chi connectivity index (χ2v) is 7.25. The molecule has 3 aromatic rings. The fraction of sp³-hybridized carbons (Fsp3) is 0.120. The predicted octanol–water partition coefficient (Wildman–Crippen LogP) is 4.34. The zero-order valence-corrected chi connectivity index (χ0v) is 17.1. The lowest BCUT2D eigenvalue weighted by molar-refractivity contribution is -0.132. The number of Topliss-reactive ketones (excluding diaryl/α,β-unsaturated/α-hetero) is 1. The Morgan fingerprint density at radius 1 is 0.968 bits per heavy atom. The van der Waals surface area contributed by atoms with E-state index in [4.69, 9.17) is 4.74 Å². The summed E-state index contributed by atoms with van der Waals surface area (Å²) in [7, 11) is 1.42. The molecule has 1 heterocycles. The maximum Gasteiger partial charge on any atom is 0.300 e. The Hall–Kier alpha value is -4.06. The fourth-order valence-electron chi connectivity index (χ4n) is 3.85. The molecule has 1 saturated heterocycles. The highest BCUT2D eigenvalue weighted by Crippen LogP contribution is 2.44. The van der Waals surface area contributed by atoms with Crippen LogP contribution in [0.4, 0.5) is 5.69 Å². The molecule has 6 nitrogen and oxygen atoms in total. The summed E-state index contributed by atoms with van der Waals surface area (Å²) < 4.78 is 5.23. The van der Waals surface area contributed by atoms with Gasteiger partial charge in [-0.15, -0.1) is 0 Å². The number of hydrogen-bond donors (Lipinski definition) is 2. The molecule has 0 bridgehead atoms. The summed E-state index contributed by atoms with van der Waals surface area (Å²) in [6.07, 6.45) is 0. The zero-order chi connectivity index (χ0) is 22.1. The lowest BCUT2D eigenvalue weighted by Crippen LogP contribution is -2.30. The van der Waals surface area contributed by atoms with Gasteiger partial charge in [0.1, 0.15) is 5.76 Å². The monoisotopic (exact) mass is 415 g/mol. The number of aliphatic hydroxyl groups excluding tert-OH is 1. The van der Waals surface area contributed by atoms with Crippen LogP contribution in [0.5, 0.6) is 11.5 Å². The fourth-order valence-corrected chi connectivity index (χ4v) is 3.85. The van der Waals surface area contributed by atoms with E-state index in [0.29, 0.717) is 16.8 Å². The van der Waals surface area contributed by atoms with Crippen molar-refractivity contribution in [2.45, 2.75) is 13.0 Å². The van der Waals surface area contributed by atoms with Crippen LogP contribution in [-0.2, 0) is 9.59 Å². The highest BCUT2D eigenvalue weighted by Gasteiger charge is 2.47. The van der Waals surface area contributed by atoms with Gasteiger partial charge in [0.2, 0.25) is 0 Å². The number of aromatic hydroxyl groups is 1. The van der Waals surface area contributed by atoms with E-state index in [1.54, 1.807) is 54.6 Å². The number of carbonyl (C=O) groups is 2. The minimum absolute atomic E-state index is 0.0211. The van der Waals surface area contributed by atoms with Gasteiger partial charge in [0, 0.05) is 11.3 Å². The molecular weight excluding hydrogens is 394 g/mol. The number of phenolic OH excluding ortho intramolecular Hbond substituents is 1. The largest absolute Gasteiger partial charge is 0.507 e. The first-order chi connectivity index (χ1) is 14.9. The van der Waals surface area contributed by atoms with Crippen molar-refractivity contribution >= 4 is 23.1 Å². The van der Waals surface area contributed by atoms with E-state index in [2.05, 4.69) is 0 Å². The topological polar surface area (TPSA) is 87.1 Å². The zero-order valence-electron chi connectivity index (χ0n) is 17.1. The van der Waals surface area contributed by atoms with Crippen molar-refractivity contribution in [3.05, 3.63) is 95.1 Å². The number of hydrogen-bond acceptors (Lipinski definition) is 5. The number of rotatable bonds is 4. The van der Waals surface area contributed by atoms with Crippen molar-refractivity contribution in [1.82, 2.24) is 0 Å². The first-order valence-corrected chi connectivity index (χ1v) is 9.73. The van der Waals surface area contributed by atoms with E-state index in [9.17, 15) is 19.8 Å². The Bertz CT molecular complexity index is 1200. The van der Waals surface area contributed by atoms with E-state index in [1.165, 1.54) is 18.1 Å². The van der Waals surface area contributed by atoms with Crippen LogP contribution in [0.3, 0.4) is 0 Å². The lowest BCUT2D eigenvalue weighted by atomic mass is 9.94. The van der Waals surface area contributed by atoms with Gasteiger partial charge in [-0.1, -0.05) is 54.6 Å². The van der Waals surface area contributed by atoms with Gasteiger partial charge in [-0.2, -0.15) is 0 Å². The minimum atomic E-state index is -0.893. The Morgan fingerprint density at radius 3 is 2.32 bits per heavy atom. The first kappa shape index (κ1) is 20.2. The number of amides is 1. The van der Waals surface area contributed by atoms with Crippen LogP contribution in [0.25, 0.3) is 5.76 Å². The SMILES string of the molecule is COc1cc(C2/C(=C(/O)c3ccccc3)C(=O)C(=O)N2c2ccccc2C)ccc1O. The van der Waals surface area contributed by atoms with Crippen LogP contribution >= 0.6 is 0 Å². The number of para-hydroxylation sites is 1. The van der Waals surface area contributed by atoms with Gasteiger partial charge in [0.15, 0.2) is 11.5 Å². The number of methoxy groups -OCH3 is 1. The average molecular weight is 415 g/mol. The Labute approximate surface area is 179 Å². The molecule has 1 aliphatic rings. The standard InChI is InChI=1S/C25H21NO5/c1-15-8-6-7-11-18(15)26-22(17-12-13-19(27)20(14-17)31-2)21(24(29)25(26)30)23(28)16-9-4-3-5-10-16/h3-14,22,27-28H,1-2H3/b23-21-. The van der Waals surface area contributed by atoms with Crippen molar-refractivity contribution < 1.29 is 24.5 Å². The summed E-state index contributed by atoms with van der Waals surface area (Å²) in [6, 6.07) is 19.6. The van der Waals surface area contributed by atoms with Gasteiger partial charge in [-0.05, 0) is 36.2 Å². The summed E-state index contributed by atoms with van der Waals surface area (Å²) in [6.45, 7) is 1.85. The van der Waals surface area contributed by atoms with Crippen molar-refractivity contribution in [3.63, 3.8) is 0 Å². The van der Waals surface area contributed by atoms with E-state index < -0.39 is 17.7 Å². The van der Waals surface area contributed by atoms with Crippen molar-refractivity contribution in [2.24, 2.45) is 0 Å². The quantitative estimate of drug-likeness (QED) is 0.376. The molecule has 156 valence electrons. The first-order valence-electron chi connectivity index (χ1n) is 9.73. The molecule has 31 heavy (non-hydrogen) atoms. The third-order valence-corrected chi connectivity index (χ3v) is 5.39. The average Bonchev–Trinajstić information content (AvgIpc) is 3.05. The summed E-state index contributed by atoms with van der Waals surface area (Å²) in [5.74, 6) is -1.63. The van der Waals surface area contributed by atoms with Crippen LogP contribution in [0.2, 0.25) is 0 Å². The number of aryl methyl sites for hydroxylation is 1. The number of nitrogens with zero attached hydrogens (tertiary/aromatic N) is 1. The van der Waals surface area contributed by atoms with Crippen molar-refractivity contribution in [2.75, 3.05) is 12.0 Å². The molecule has 0 spiro atoms. The Morgan fingerprint density at radius 2 is 1.65 bits per heavy atom. The normalized spacial score (nSPS) is 17.7. The van der Waals surface area contributed by atoms with Crippen LogP contribution in [0, 0.1) is 6.92 Å². The summed E-state index contributed by atoms with van der Waals surface area (Å²) in [4.78, 5) is 27.7. The third kappa shape index (κ3) is 3.42. The molecule has 3 aromatic carbocycles. The number of anilines is 1. The van der Waals surface area contributed by atoms with Gasteiger partial charge in [0.05, 0.1) is 18.7 Å². The van der Waals surface area contributed by atoms with Crippen LogP contribution in [-0.4, -0.2) is 29.0 Å². The second-order valence-electron chi connectivity index (χ2n) is 7.25. The van der Waals surface area contributed by atoms with Crippen LogP contribution < -0.4 is 9.64 Å². The molecule has 4 rings (SSSR count). The predicted molar refractivity (Wildman–Crippen MR) is 117 cm³/mol. The smallest absolute Gasteiger partial charge is 0.300 e. The molecular formula is C25H21NO5. The molecule has 1 atom stereocenters. The summed E-state index contributed by atoms with van der Waals surface area (Å²) in [5.41, 5.74) is 2.30. The molecule has 1 fully saturated rings. The van der Waals surface area contributed by atoms with Gasteiger partial charge >= 0.3 is 0 Å². The number of carbonyl (C=O) groups excluding carboxylic acids is 2. The Kier molecular flexibility index (Phi) is 5.21. The maximum absolute atomic E-state index is 13.2. The summed E-state index contributed by atoms with van der Waals surface area (Å²) >= 11 is 0. The molecule has 0 aliphatic carbocycles. The molecule has 2 N–H and O–H groups in total. The van der Waals surface area contributed by atoms with Gasteiger partial charge < -0.3 is 14.9 Å². The van der Waals surface area contributed by atoms with E-state index in [-0.39, 0.29) is 22.8 Å². The maximum atomic E-state index is 13.2. The van der Waals surface area contributed by atoms with Crippen LogP contribution in [0.15, 0.2) is 78.4 Å². The van der Waals surface area contributed by atoms with Gasteiger partial charge in [-0.3, -0.25) is 14.5 Å². The van der Waals surface area contributed by atoms with Crippen LogP contribution in [0.1, 0.15) is 22.7 Å². The number of ketones is 1. The highest BCUT2D eigenvalue weighted by molar-refractivity contribution is 6.51. The second kappa shape index (κ2) is 7.99. The highest BCUT2D eigenvalue weighted by atomic mass is 16.5. The molecule has 6 heteroatoms. The minimum Gasteiger partial charge on any atom is -0.507 e. The molecule has 1 aliphatic heterocycles. The van der Waals surface area contributed by atoms with E-state index >= 15 is 0 Å². The molecule has 0 radical (unpaired) electrons. The van der Waals surface area contributed by atoms with Gasteiger partial charge in [0.25, 0.3) is 11.7 Å². The lowest BCUT2D eigenvalue weighted by Gasteiger charge is -2.27. The molecule has 1 unspecified atom stereocenters. The Balaban J connectivity index is 1.99. The third-order valence-electron chi connectivity index (χ3n) is 5.39. The van der Waals surface area contributed by atoms with E-state index in [0.717, 1.165) is 5.56 Å². The number of benzene rings is 3. The van der Waals surface area contributed by atoms with Crippen molar-refractivity contribution in [1.29, 1.82) is 0 Å². The van der Waals surface area contributed by atoms with Crippen molar-refractivity contribution in [3.8, 4) is 11.5 Å². The number of phenols is 1. The molecule has 0 aromatic heterocycles. The molecule has 1 amide bonds.